The summed E-state index contributed by atoms with van der Waals surface area (Å²) >= 11 is 1.84. The number of hydrogen-bond acceptors (Lipinski definition) is 5. The van der Waals surface area contributed by atoms with E-state index in [1.54, 1.807) is 0 Å². The molecular formula is C44H27N5S. The highest BCUT2D eigenvalue weighted by molar-refractivity contribution is 7.26. The van der Waals surface area contributed by atoms with Gasteiger partial charge in [0.1, 0.15) is 5.82 Å². The van der Waals surface area contributed by atoms with E-state index in [0.717, 1.165) is 44.7 Å². The number of aromatic nitrogens is 5. The Kier molecular flexibility index (Phi) is 6.60. The zero-order valence-electron chi connectivity index (χ0n) is 26.7. The minimum atomic E-state index is 0.561. The summed E-state index contributed by atoms with van der Waals surface area (Å²) in [5.74, 6) is 2.54. The van der Waals surface area contributed by atoms with Crippen molar-refractivity contribution in [3.8, 4) is 51.1 Å². The SMILES string of the molecule is c1ccc(-c2cnc(-n3c4ccccc4c4c5c(ccc43)sc3ccccc35)c(-c3nc(-c4ccccc4)nc(-c4ccccc4)n3)c2)cc1. The lowest BCUT2D eigenvalue weighted by atomic mass is 10.0. The van der Waals surface area contributed by atoms with Crippen LogP contribution in [0.5, 0.6) is 0 Å². The lowest BCUT2D eigenvalue weighted by Gasteiger charge is -2.15. The van der Waals surface area contributed by atoms with Crippen molar-refractivity contribution >= 4 is 53.3 Å². The highest BCUT2D eigenvalue weighted by atomic mass is 32.1. The Hall–Kier alpha value is -6.50. The van der Waals surface area contributed by atoms with Gasteiger partial charge < -0.3 is 0 Å². The molecule has 0 aliphatic heterocycles. The van der Waals surface area contributed by atoms with Crippen LogP contribution in [-0.4, -0.2) is 24.5 Å². The minimum absolute atomic E-state index is 0.561. The topological polar surface area (TPSA) is 56.5 Å². The maximum atomic E-state index is 5.27. The molecule has 0 saturated heterocycles. The van der Waals surface area contributed by atoms with E-state index in [1.165, 1.54) is 30.9 Å². The molecule has 10 aromatic rings. The van der Waals surface area contributed by atoms with Gasteiger partial charge in [0, 0.05) is 53.8 Å². The molecule has 0 N–H and O–H groups in total. The number of rotatable bonds is 5. The molecule has 0 aliphatic rings. The first-order valence-corrected chi connectivity index (χ1v) is 17.4. The predicted octanol–water partition coefficient (Wildman–Crippen LogP) is 11.4. The van der Waals surface area contributed by atoms with Crippen molar-refractivity contribution < 1.29 is 0 Å². The van der Waals surface area contributed by atoms with Crippen molar-refractivity contribution in [1.29, 1.82) is 0 Å². The maximum Gasteiger partial charge on any atom is 0.167 e. The van der Waals surface area contributed by atoms with Crippen molar-refractivity contribution in [2.45, 2.75) is 0 Å². The zero-order valence-corrected chi connectivity index (χ0v) is 27.5. The molecule has 5 nitrogen and oxygen atoms in total. The Morgan fingerprint density at radius 2 is 1.00 bits per heavy atom. The van der Waals surface area contributed by atoms with Crippen LogP contribution in [0.4, 0.5) is 0 Å². The Balaban J connectivity index is 1.31. The van der Waals surface area contributed by atoms with Crippen molar-refractivity contribution in [1.82, 2.24) is 24.5 Å². The van der Waals surface area contributed by atoms with Gasteiger partial charge in [0.2, 0.25) is 0 Å². The van der Waals surface area contributed by atoms with Crippen LogP contribution in [0.15, 0.2) is 164 Å². The maximum absolute atomic E-state index is 5.27. The molecule has 4 heterocycles. The van der Waals surface area contributed by atoms with Crippen LogP contribution in [0, 0.1) is 0 Å². The normalized spacial score (nSPS) is 11.6. The third-order valence-electron chi connectivity index (χ3n) is 9.30. The van der Waals surface area contributed by atoms with Crippen molar-refractivity contribution in [3.05, 3.63) is 164 Å². The van der Waals surface area contributed by atoms with Crippen LogP contribution in [0.3, 0.4) is 0 Å². The van der Waals surface area contributed by atoms with E-state index >= 15 is 0 Å². The van der Waals surface area contributed by atoms with E-state index in [4.69, 9.17) is 19.9 Å². The average Bonchev–Trinajstić information content (AvgIpc) is 3.74. The molecule has 0 fully saturated rings. The Bertz CT molecular complexity index is 2800. The fourth-order valence-corrected chi connectivity index (χ4v) is 8.13. The fraction of sp³-hybridized carbons (Fsp3) is 0. The lowest BCUT2D eigenvalue weighted by molar-refractivity contribution is 1.04. The second kappa shape index (κ2) is 11.6. The smallest absolute Gasteiger partial charge is 0.167 e. The van der Waals surface area contributed by atoms with Gasteiger partial charge in [0.05, 0.1) is 16.6 Å². The molecule has 234 valence electrons. The van der Waals surface area contributed by atoms with E-state index in [2.05, 4.69) is 95.6 Å². The highest BCUT2D eigenvalue weighted by Crippen LogP contribution is 2.44. The fourth-order valence-electron chi connectivity index (χ4n) is 7.02. The largest absolute Gasteiger partial charge is 0.293 e. The molecule has 6 heteroatoms. The van der Waals surface area contributed by atoms with Gasteiger partial charge in [-0.3, -0.25) is 4.57 Å². The molecule has 0 bridgehead atoms. The van der Waals surface area contributed by atoms with Gasteiger partial charge in [0.25, 0.3) is 0 Å². The Morgan fingerprint density at radius 3 is 1.70 bits per heavy atom. The molecule has 0 radical (unpaired) electrons. The Labute approximate surface area is 291 Å². The van der Waals surface area contributed by atoms with Gasteiger partial charge in [-0.1, -0.05) is 127 Å². The minimum Gasteiger partial charge on any atom is -0.293 e. The monoisotopic (exact) mass is 657 g/mol. The molecule has 0 saturated carbocycles. The molecule has 50 heavy (non-hydrogen) atoms. The summed E-state index contributed by atoms with van der Waals surface area (Å²) in [7, 11) is 0. The summed E-state index contributed by atoms with van der Waals surface area (Å²) in [5, 5.41) is 4.95. The quantitative estimate of drug-likeness (QED) is 0.185. The van der Waals surface area contributed by atoms with E-state index in [0.29, 0.717) is 17.5 Å². The Morgan fingerprint density at radius 1 is 0.420 bits per heavy atom. The molecule has 0 spiro atoms. The summed E-state index contributed by atoms with van der Waals surface area (Å²) in [5.41, 5.74) is 6.88. The van der Waals surface area contributed by atoms with Crippen LogP contribution >= 0.6 is 11.3 Å². The first-order valence-electron chi connectivity index (χ1n) is 16.6. The second-order valence-corrected chi connectivity index (χ2v) is 13.4. The van der Waals surface area contributed by atoms with Gasteiger partial charge in [-0.25, -0.2) is 19.9 Å². The molecule has 6 aromatic carbocycles. The van der Waals surface area contributed by atoms with E-state index < -0.39 is 0 Å². The van der Waals surface area contributed by atoms with E-state index in [9.17, 15) is 0 Å². The third-order valence-corrected chi connectivity index (χ3v) is 10.4. The van der Waals surface area contributed by atoms with Gasteiger partial charge in [0.15, 0.2) is 17.5 Å². The van der Waals surface area contributed by atoms with Gasteiger partial charge in [-0.15, -0.1) is 11.3 Å². The number of thiophene rings is 1. The van der Waals surface area contributed by atoms with Crippen molar-refractivity contribution in [3.63, 3.8) is 0 Å². The first-order chi connectivity index (χ1) is 24.8. The van der Waals surface area contributed by atoms with Crippen molar-refractivity contribution in [2.24, 2.45) is 0 Å². The summed E-state index contributed by atoms with van der Waals surface area (Å²) < 4.78 is 4.84. The summed E-state index contributed by atoms with van der Waals surface area (Å²) in [6.45, 7) is 0. The average molecular weight is 658 g/mol. The van der Waals surface area contributed by atoms with Gasteiger partial charge >= 0.3 is 0 Å². The zero-order chi connectivity index (χ0) is 33.0. The molecule has 4 aromatic heterocycles. The van der Waals surface area contributed by atoms with E-state index in [-0.39, 0.29) is 0 Å². The van der Waals surface area contributed by atoms with Crippen molar-refractivity contribution in [2.75, 3.05) is 0 Å². The van der Waals surface area contributed by atoms with Crippen LogP contribution in [0.25, 0.3) is 93.1 Å². The van der Waals surface area contributed by atoms with Crippen LogP contribution in [-0.2, 0) is 0 Å². The molecular weight excluding hydrogens is 631 g/mol. The molecule has 10 rings (SSSR count). The number of nitrogens with zero attached hydrogens (tertiary/aromatic N) is 5. The number of para-hydroxylation sites is 1. The number of hydrogen-bond donors (Lipinski definition) is 0. The predicted molar refractivity (Wildman–Crippen MR) is 207 cm³/mol. The molecule has 0 amide bonds. The molecule has 0 aliphatic carbocycles. The van der Waals surface area contributed by atoms with Crippen LogP contribution in [0.1, 0.15) is 0 Å². The van der Waals surface area contributed by atoms with Crippen LogP contribution < -0.4 is 0 Å². The lowest BCUT2D eigenvalue weighted by Crippen LogP contribution is -2.05. The number of benzene rings is 6. The molecule has 0 unspecified atom stereocenters. The third kappa shape index (κ3) is 4.61. The highest BCUT2D eigenvalue weighted by Gasteiger charge is 2.23. The summed E-state index contributed by atoms with van der Waals surface area (Å²) in [4.78, 5) is 20.6. The second-order valence-electron chi connectivity index (χ2n) is 12.3. The van der Waals surface area contributed by atoms with Gasteiger partial charge in [-0.05, 0) is 35.9 Å². The standard InChI is InChI=1S/C44H27N5S/c1-4-14-28(15-5-1)31-26-34(43-47-41(29-16-6-2-7-17-29)46-42(48-43)30-18-8-3-9-19-30)44(45-27-31)49-35-22-12-10-20-32(35)39-36(49)24-25-38-40(39)33-21-11-13-23-37(33)50-38/h1-27H. The number of fused-ring (bicyclic) bond motifs is 7. The summed E-state index contributed by atoms with van der Waals surface area (Å²) in [6.07, 6.45) is 1.96. The first kappa shape index (κ1) is 28.5. The summed E-state index contributed by atoms with van der Waals surface area (Å²) in [6, 6.07) is 54.5. The number of pyridine rings is 1. The van der Waals surface area contributed by atoms with Crippen LogP contribution in [0.2, 0.25) is 0 Å². The van der Waals surface area contributed by atoms with Gasteiger partial charge in [-0.2, -0.15) is 0 Å². The van der Waals surface area contributed by atoms with E-state index in [1.807, 2.05) is 84.3 Å². The molecule has 0 atom stereocenters.